The molecule has 0 aliphatic heterocycles. The average Bonchev–Trinajstić information content (AvgIpc) is 3.38. The molecule has 6 aliphatic rings. The third-order valence-corrected chi connectivity index (χ3v) is 8.92. The quantitative estimate of drug-likeness (QED) is 0.713. The molecular weight excluding hydrogens is 296 g/mol. The summed E-state index contributed by atoms with van der Waals surface area (Å²) in [5.74, 6) is 4.63. The van der Waals surface area contributed by atoms with Crippen molar-refractivity contribution < 1.29 is 9.59 Å². The number of benzene rings is 1. The fourth-order valence-electron chi connectivity index (χ4n) is 8.29. The Morgan fingerprint density at radius 3 is 1.38 bits per heavy atom. The van der Waals surface area contributed by atoms with Crippen LogP contribution in [0.4, 0.5) is 0 Å². The van der Waals surface area contributed by atoms with Crippen molar-refractivity contribution in [2.75, 3.05) is 0 Å². The molecular formula is C22H22O2. The molecule has 0 spiro atoms. The molecule has 1 aromatic carbocycles. The van der Waals surface area contributed by atoms with Gasteiger partial charge in [0.05, 0.1) is 0 Å². The number of carbonyl (C=O) groups excluding carboxylic acids is 2. The molecule has 0 unspecified atom stereocenters. The molecule has 7 rings (SSSR count). The Balaban J connectivity index is 1.46. The van der Waals surface area contributed by atoms with Gasteiger partial charge < -0.3 is 0 Å². The van der Waals surface area contributed by atoms with Crippen LogP contribution in [0, 0.1) is 35.5 Å². The van der Waals surface area contributed by atoms with Crippen LogP contribution in [0.1, 0.15) is 82.2 Å². The third-order valence-electron chi connectivity index (χ3n) is 8.92. The van der Waals surface area contributed by atoms with Gasteiger partial charge in [0, 0.05) is 23.0 Å². The van der Waals surface area contributed by atoms with Gasteiger partial charge in [-0.3, -0.25) is 9.59 Å². The minimum atomic E-state index is 0.218. The highest BCUT2D eigenvalue weighted by molar-refractivity contribution is 6.16. The summed E-state index contributed by atoms with van der Waals surface area (Å²) in [6.45, 7) is 0. The van der Waals surface area contributed by atoms with Crippen molar-refractivity contribution in [1.82, 2.24) is 0 Å². The van der Waals surface area contributed by atoms with Gasteiger partial charge in [0.1, 0.15) is 0 Å². The molecule has 0 saturated heterocycles. The summed E-state index contributed by atoms with van der Waals surface area (Å²) in [5, 5.41) is 0. The van der Waals surface area contributed by atoms with E-state index >= 15 is 0 Å². The number of Topliss-reactive ketones (excluding diaryl/α,β-unsaturated/α-hetero) is 2. The van der Waals surface area contributed by atoms with Crippen LogP contribution in [-0.4, -0.2) is 11.6 Å². The van der Waals surface area contributed by atoms with E-state index in [-0.39, 0.29) is 11.8 Å². The van der Waals surface area contributed by atoms with Crippen LogP contribution in [0.2, 0.25) is 0 Å². The summed E-state index contributed by atoms with van der Waals surface area (Å²) < 4.78 is 0. The SMILES string of the molecule is O=C1c2c(ccc3c2C(=O)[C@H]2[C@@H]4CC[C@@H](C4)[C@@H]32)[C@H]2[C@@H]3CC[C@@H](C3)[C@@H]12. The molecule has 1 aromatic rings. The summed E-state index contributed by atoms with van der Waals surface area (Å²) in [6.07, 6.45) is 7.55. The minimum Gasteiger partial charge on any atom is -0.294 e. The Hall–Kier alpha value is -1.44. The maximum atomic E-state index is 13.3. The first-order valence-corrected chi connectivity index (χ1v) is 9.99. The maximum absolute atomic E-state index is 13.3. The summed E-state index contributed by atoms with van der Waals surface area (Å²) in [5.41, 5.74) is 4.32. The van der Waals surface area contributed by atoms with Crippen LogP contribution in [0.15, 0.2) is 12.1 Å². The Kier molecular flexibility index (Phi) is 2.07. The summed E-state index contributed by atoms with van der Waals surface area (Å²) >= 11 is 0. The second kappa shape index (κ2) is 3.86. The molecule has 4 saturated carbocycles. The van der Waals surface area contributed by atoms with E-state index in [1.165, 1.54) is 49.7 Å². The van der Waals surface area contributed by atoms with Gasteiger partial charge in [-0.15, -0.1) is 0 Å². The molecule has 2 nitrogen and oxygen atoms in total. The Morgan fingerprint density at radius 2 is 0.958 bits per heavy atom. The second-order valence-corrected chi connectivity index (χ2v) is 9.49. The predicted molar refractivity (Wildman–Crippen MR) is 89.2 cm³/mol. The van der Waals surface area contributed by atoms with Gasteiger partial charge in [0.15, 0.2) is 11.6 Å². The van der Waals surface area contributed by atoms with Crippen molar-refractivity contribution in [3.8, 4) is 0 Å². The zero-order chi connectivity index (χ0) is 15.7. The van der Waals surface area contributed by atoms with Crippen LogP contribution in [-0.2, 0) is 0 Å². The average molecular weight is 318 g/mol. The van der Waals surface area contributed by atoms with E-state index in [0.29, 0.717) is 47.1 Å². The summed E-state index contributed by atoms with van der Waals surface area (Å²) in [7, 11) is 0. The van der Waals surface area contributed by atoms with E-state index in [1.54, 1.807) is 0 Å². The number of hydrogen-bond acceptors (Lipinski definition) is 2. The lowest BCUT2D eigenvalue weighted by Crippen LogP contribution is -2.22. The molecule has 0 radical (unpaired) electrons. The van der Waals surface area contributed by atoms with Crippen molar-refractivity contribution in [1.29, 1.82) is 0 Å². The van der Waals surface area contributed by atoms with E-state index in [9.17, 15) is 9.59 Å². The van der Waals surface area contributed by atoms with Crippen molar-refractivity contribution in [3.63, 3.8) is 0 Å². The first kappa shape index (κ1) is 12.9. The Bertz CT molecular complexity index is 768. The molecule has 8 atom stereocenters. The molecule has 0 aromatic heterocycles. The molecule has 24 heavy (non-hydrogen) atoms. The lowest BCUT2D eigenvalue weighted by Gasteiger charge is -2.24. The number of fused-ring (bicyclic) bond motifs is 15. The van der Waals surface area contributed by atoms with Crippen LogP contribution in [0.25, 0.3) is 0 Å². The van der Waals surface area contributed by atoms with Crippen LogP contribution >= 0.6 is 0 Å². The molecule has 0 amide bonds. The van der Waals surface area contributed by atoms with E-state index in [4.69, 9.17) is 0 Å². The number of ketones is 2. The number of carbonyl (C=O) groups is 2. The predicted octanol–water partition coefficient (Wildman–Crippen LogP) is 4.34. The molecule has 2 heteroatoms. The van der Waals surface area contributed by atoms with E-state index < -0.39 is 0 Å². The lowest BCUT2D eigenvalue weighted by molar-refractivity contribution is 0.0854. The maximum Gasteiger partial charge on any atom is 0.167 e. The van der Waals surface area contributed by atoms with Crippen molar-refractivity contribution in [3.05, 3.63) is 34.4 Å². The molecule has 4 bridgehead atoms. The minimum absolute atomic E-state index is 0.218. The third kappa shape index (κ3) is 1.18. The fourth-order valence-corrected chi connectivity index (χ4v) is 8.29. The van der Waals surface area contributed by atoms with Crippen LogP contribution in [0.5, 0.6) is 0 Å². The van der Waals surface area contributed by atoms with Crippen LogP contribution < -0.4 is 0 Å². The standard InChI is InChI=1S/C22H22O2/c23-21-17-11-3-1-9(7-11)15(17)13-5-6-14-16-10-2-4-12(8-10)18(16)22(24)20(14)19(13)21/h5-6,9-12,15-18H,1-4,7-8H2/t9-,10+,11+,12-,15-,16+,17-,18+. The van der Waals surface area contributed by atoms with E-state index in [2.05, 4.69) is 12.1 Å². The molecule has 4 fully saturated rings. The normalized spacial score (nSPS) is 48.8. The number of hydrogen-bond donors (Lipinski definition) is 0. The van der Waals surface area contributed by atoms with Crippen molar-refractivity contribution >= 4 is 11.6 Å². The molecule has 6 aliphatic carbocycles. The highest BCUT2D eigenvalue weighted by Gasteiger charge is 2.61. The largest absolute Gasteiger partial charge is 0.294 e. The molecule has 122 valence electrons. The van der Waals surface area contributed by atoms with Gasteiger partial charge >= 0.3 is 0 Å². The van der Waals surface area contributed by atoms with Gasteiger partial charge in [0.25, 0.3) is 0 Å². The Labute approximate surface area is 142 Å². The fraction of sp³-hybridized carbons (Fsp3) is 0.636. The zero-order valence-corrected chi connectivity index (χ0v) is 13.8. The summed E-state index contributed by atoms with van der Waals surface area (Å²) in [6, 6.07) is 4.53. The molecule has 0 heterocycles. The van der Waals surface area contributed by atoms with E-state index in [1.807, 2.05) is 0 Å². The molecule has 0 N–H and O–H groups in total. The van der Waals surface area contributed by atoms with Crippen LogP contribution in [0.3, 0.4) is 0 Å². The monoisotopic (exact) mass is 318 g/mol. The highest BCUT2D eigenvalue weighted by Crippen LogP contribution is 2.65. The van der Waals surface area contributed by atoms with Gasteiger partial charge in [-0.1, -0.05) is 12.1 Å². The van der Waals surface area contributed by atoms with Crippen molar-refractivity contribution in [2.45, 2.75) is 50.4 Å². The Morgan fingerprint density at radius 1 is 0.583 bits per heavy atom. The van der Waals surface area contributed by atoms with Gasteiger partial charge in [-0.2, -0.15) is 0 Å². The lowest BCUT2D eigenvalue weighted by atomic mass is 9.78. The zero-order valence-electron chi connectivity index (χ0n) is 13.8. The first-order chi connectivity index (χ1) is 11.7. The summed E-state index contributed by atoms with van der Waals surface area (Å²) in [4.78, 5) is 26.6. The topological polar surface area (TPSA) is 34.1 Å². The highest BCUT2D eigenvalue weighted by atomic mass is 16.1. The van der Waals surface area contributed by atoms with E-state index in [0.717, 1.165) is 11.1 Å². The number of rotatable bonds is 0. The first-order valence-electron chi connectivity index (χ1n) is 9.99. The van der Waals surface area contributed by atoms with Gasteiger partial charge in [0.2, 0.25) is 0 Å². The van der Waals surface area contributed by atoms with Gasteiger partial charge in [-0.25, -0.2) is 0 Å². The van der Waals surface area contributed by atoms with Gasteiger partial charge in [-0.05, 0) is 85.2 Å². The van der Waals surface area contributed by atoms with Crippen molar-refractivity contribution in [2.24, 2.45) is 35.5 Å². The second-order valence-electron chi connectivity index (χ2n) is 9.49. The smallest absolute Gasteiger partial charge is 0.167 e.